The normalized spacial score (nSPS) is 16.8. The summed E-state index contributed by atoms with van der Waals surface area (Å²) in [4.78, 5) is 15.0. The fraction of sp³-hybridized carbons (Fsp3) is 0.379. The molecule has 1 saturated heterocycles. The first-order valence-electron chi connectivity index (χ1n) is 12.6. The summed E-state index contributed by atoms with van der Waals surface area (Å²) in [7, 11) is -2.14. The Morgan fingerprint density at radius 2 is 1.78 bits per heavy atom. The zero-order valence-electron chi connectivity index (χ0n) is 22.2. The average molecular weight is 522 g/mol. The van der Waals surface area contributed by atoms with Gasteiger partial charge in [-0.1, -0.05) is 59.3 Å². The van der Waals surface area contributed by atoms with Crippen LogP contribution in [-0.4, -0.2) is 48.8 Å². The van der Waals surface area contributed by atoms with Gasteiger partial charge in [-0.15, -0.1) is 0 Å². The summed E-state index contributed by atoms with van der Waals surface area (Å²) in [6.45, 7) is 8.73. The highest BCUT2D eigenvalue weighted by Gasteiger charge is 2.37. The van der Waals surface area contributed by atoms with Crippen LogP contribution in [0.2, 0.25) is 0 Å². The third-order valence-electron chi connectivity index (χ3n) is 6.94. The number of sulfonamides is 1. The van der Waals surface area contributed by atoms with Gasteiger partial charge >= 0.3 is 0 Å². The zero-order chi connectivity index (χ0) is 26.7. The van der Waals surface area contributed by atoms with Crippen LogP contribution in [0.15, 0.2) is 51.9 Å². The van der Waals surface area contributed by atoms with Crippen molar-refractivity contribution in [2.75, 3.05) is 20.1 Å². The molecule has 0 bridgehead atoms. The highest BCUT2D eigenvalue weighted by Crippen LogP contribution is 2.30. The molecule has 1 unspecified atom stereocenters. The maximum atomic E-state index is 13.8. The third kappa shape index (κ3) is 5.86. The molecule has 1 aliphatic rings. The first kappa shape index (κ1) is 26.8. The average Bonchev–Trinajstić information content (AvgIpc) is 3.24. The summed E-state index contributed by atoms with van der Waals surface area (Å²) >= 11 is 0. The van der Waals surface area contributed by atoms with E-state index >= 15 is 0 Å². The first-order chi connectivity index (χ1) is 17.6. The predicted molar refractivity (Wildman–Crippen MR) is 145 cm³/mol. The van der Waals surface area contributed by atoms with E-state index in [0.717, 1.165) is 22.3 Å². The van der Waals surface area contributed by atoms with Crippen LogP contribution in [0, 0.1) is 33.6 Å². The van der Waals surface area contributed by atoms with Gasteiger partial charge in [-0.05, 0) is 68.9 Å². The number of hydrogen-bond acceptors (Lipinski definition) is 5. The van der Waals surface area contributed by atoms with Gasteiger partial charge in [0.25, 0.3) is 0 Å². The summed E-state index contributed by atoms with van der Waals surface area (Å²) in [5, 5.41) is 3.97. The lowest BCUT2D eigenvalue weighted by Gasteiger charge is -2.33. The molecule has 8 heteroatoms. The van der Waals surface area contributed by atoms with E-state index in [2.05, 4.69) is 17.3 Å². The molecule has 2 aromatic carbocycles. The first-order valence-corrected chi connectivity index (χ1v) is 14.0. The van der Waals surface area contributed by atoms with Gasteiger partial charge in [-0.3, -0.25) is 4.79 Å². The summed E-state index contributed by atoms with van der Waals surface area (Å²) in [6, 6.07) is 14.0. The molecule has 1 aromatic heterocycles. The summed E-state index contributed by atoms with van der Waals surface area (Å²) in [5.41, 5.74) is 5.75. The molecule has 1 aliphatic heterocycles. The number of benzene rings is 2. The van der Waals surface area contributed by atoms with Gasteiger partial charge in [0.05, 0.1) is 5.92 Å². The van der Waals surface area contributed by atoms with E-state index in [1.54, 1.807) is 24.9 Å². The largest absolute Gasteiger partial charge is 0.355 e. The molecule has 0 aliphatic carbocycles. The summed E-state index contributed by atoms with van der Waals surface area (Å²) < 4.78 is 34.4. The Balaban J connectivity index is 1.55. The van der Waals surface area contributed by atoms with E-state index in [1.807, 2.05) is 57.2 Å². The molecule has 37 heavy (non-hydrogen) atoms. The molecule has 3 aromatic rings. The Labute approximate surface area is 219 Å². The van der Waals surface area contributed by atoms with E-state index in [4.69, 9.17) is 4.52 Å². The van der Waals surface area contributed by atoms with Crippen LogP contribution in [0.4, 0.5) is 0 Å². The predicted octanol–water partition coefficient (Wildman–Crippen LogP) is 5.14. The number of amides is 1. The van der Waals surface area contributed by atoms with Crippen LogP contribution in [0.1, 0.15) is 52.1 Å². The van der Waals surface area contributed by atoms with E-state index < -0.39 is 15.9 Å². The van der Waals surface area contributed by atoms with Crippen LogP contribution in [-0.2, 0) is 21.4 Å². The highest BCUT2D eigenvalue weighted by molar-refractivity contribution is 7.89. The van der Waals surface area contributed by atoms with Crippen LogP contribution in [0.3, 0.4) is 0 Å². The number of aryl methyl sites for hydroxylation is 4. The van der Waals surface area contributed by atoms with Gasteiger partial charge in [0.2, 0.25) is 15.9 Å². The van der Waals surface area contributed by atoms with Crippen molar-refractivity contribution in [2.45, 2.75) is 52.0 Å². The second-order valence-electron chi connectivity index (χ2n) is 9.99. The van der Waals surface area contributed by atoms with E-state index in [1.165, 1.54) is 9.87 Å². The van der Waals surface area contributed by atoms with Crippen molar-refractivity contribution in [3.8, 4) is 0 Å². The van der Waals surface area contributed by atoms with Gasteiger partial charge in [0, 0.05) is 26.7 Å². The second-order valence-corrected chi connectivity index (χ2v) is 11.9. The van der Waals surface area contributed by atoms with Crippen molar-refractivity contribution in [3.63, 3.8) is 0 Å². The molecule has 0 N–H and O–H groups in total. The molecule has 1 amide bonds. The lowest BCUT2D eigenvalue weighted by molar-refractivity contribution is -0.135. The molecule has 196 valence electrons. The van der Waals surface area contributed by atoms with E-state index in [0.29, 0.717) is 31.6 Å². The number of aromatic nitrogens is 1. The Morgan fingerprint density at radius 1 is 1.11 bits per heavy atom. The third-order valence-corrected chi connectivity index (χ3v) is 8.97. The Morgan fingerprint density at radius 3 is 2.46 bits per heavy atom. The van der Waals surface area contributed by atoms with Crippen LogP contribution < -0.4 is 0 Å². The number of piperidine rings is 1. The molecular formula is C29H35N3O4S. The van der Waals surface area contributed by atoms with Crippen molar-refractivity contribution in [1.82, 2.24) is 14.4 Å². The number of carbonyl (C=O) groups is 1. The lowest BCUT2D eigenvalue weighted by Crippen LogP contribution is -2.45. The van der Waals surface area contributed by atoms with Crippen LogP contribution in [0.5, 0.6) is 0 Å². The second kappa shape index (κ2) is 11.0. The smallest absolute Gasteiger partial charge is 0.248 e. The van der Waals surface area contributed by atoms with Gasteiger partial charge in [-0.2, -0.15) is 4.31 Å². The Hall–Kier alpha value is -3.23. The number of hydrogen-bond donors (Lipinski definition) is 0. The fourth-order valence-corrected chi connectivity index (χ4v) is 6.92. The Bertz CT molecular complexity index is 1390. The van der Waals surface area contributed by atoms with Crippen molar-refractivity contribution in [1.29, 1.82) is 0 Å². The van der Waals surface area contributed by atoms with Crippen LogP contribution in [0.25, 0.3) is 12.2 Å². The standard InChI is InChI=1S/C29H35N3O4S/c1-20-16-21(2)26(22(3)17-20)13-14-27-28(23(4)30-36-27)37(34,35)32-15-9-12-25(19-32)29(33)31(5)18-24-10-7-6-8-11-24/h6-8,10-11,13-14,16-17,25H,9,12,15,18-19H2,1-5H3. The maximum absolute atomic E-state index is 13.8. The molecule has 7 nitrogen and oxygen atoms in total. The number of carbonyl (C=O) groups excluding carboxylic acids is 1. The summed E-state index contributed by atoms with van der Waals surface area (Å²) in [5.74, 6) is -0.239. The van der Waals surface area contributed by atoms with Crippen LogP contribution >= 0.6 is 0 Å². The minimum absolute atomic E-state index is 0.0452. The highest BCUT2D eigenvalue weighted by atomic mass is 32.2. The monoisotopic (exact) mass is 521 g/mol. The van der Waals surface area contributed by atoms with Gasteiger partial charge < -0.3 is 9.42 Å². The number of rotatable bonds is 7. The van der Waals surface area contributed by atoms with Crippen molar-refractivity contribution in [2.24, 2.45) is 5.92 Å². The van der Waals surface area contributed by atoms with E-state index in [9.17, 15) is 13.2 Å². The molecule has 2 heterocycles. The molecule has 0 radical (unpaired) electrons. The zero-order valence-corrected chi connectivity index (χ0v) is 23.0. The lowest BCUT2D eigenvalue weighted by atomic mass is 9.98. The van der Waals surface area contributed by atoms with Crippen molar-refractivity contribution >= 4 is 28.1 Å². The van der Waals surface area contributed by atoms with Gasteiger partial charge in [0.1, 0.15) is 5.69 Å². The molecular weight excluding hydrogens is 486 g/mol. The van der Waals surface area contributed by atoms with Crippen molar-refractivity contribution < 1.29 is 17.7 Å². The quantitative estimate of drug-likeness (QED) is 0.430. The topological polar surface area (TPSA) is 83.7 Å². The van der Waals surface area contributed by atoms with Gasteiger partial charge in [0.15, 0.2) is 10.7 Å². The molecule has 1 fully saturated rings. The fourth-order valence-electron chi connectivity index (χ4n) is 5.15. The van der Waals surface area contributed by atoms with Crippen molar-refractivity contribution in [3.05, 3.63) is 81.7 Å². The van der Waals surface area contributed by atoms with Gasteiger partial charge in [-0.25, -0.2) is 8.42 Å². The molecule has 4 rings (SSSR count). The Kier molecular flexibility index (Phi) is 7.99. The minimum atomic E-state index is -3.91. The maximum Gasteiger partial charge on any atom is 0.248 e. The molecule has 0 saturated carbocycles. The summed E-state index contributed by atoms with van der Waals surface area (Å²) in [6.07, 6.45) is 4.83. The molecule has 1 atom stereocenters. The SMILES string of the molecule is Cc1cc(C)c(C=Cc2onc(C)c2S(=O)(=O)N2CCCC(C(=O)N(C)Cc3ccccc3)C2)c(C)c1. The minimum Gasteiger partial charge on any atom is -0.355 e. The number of nitrogens with zero attached hydrogens (tertiary/aromatic N) is 3. The van der Waals surface area contributed by atoms with E-state index in [-0.39, 0.29) is 23.1 Å². The molecule has 0 spiro atoms.